The lowest BCUT2D eigenvalue weighted by Crippen LogP contribution is -1.90. The van der Waals surface area contributed by atoms with Crippen LogP contribution in [0.25, 0.3) is 11.1 Å². The van der Waals surface area contributed by atoms with Crippen molar-refractivity contribution in [2.24, 2.45) is 0 Å². The SMILES string of the molecule is O=[N+]([O-])c1ccccc1-c1ccsc1. The minimum absolute atomic E-state index is 0.158. The summed E-state index contributed by atoms with van der Waals surface area (Å²) in [7, 11) is 0. The summed E-state index contributed by atoms with van der Waals surface area (Å²) in [6, 6.07) is 8.65. The Kier molecular flexibility index (Phi) is 2.28. The highest BCUT2D eigenvalue weighted by molar-refractivity contribution is 7.08. The van der Waals surface area contributed by atoms with E-state index in [2.05, 4.69) is 0 Å². The van der Waals surface area contributed by atoms with Gasteiger partial charge >= 0.3 is 0 Å². The van der Waals surface area contributed by atoms with Crippen LogP contribution in [0.3, 0.4) is 0 Å². The fourth-order valence-electron chi connectivity index (χ4n) is 1.29. The number of nitro benzene ring substituents is 1. The van der Waals surface area contributed by atoms with Crippen LogP contribution in [0, 0.1) is 10.1 Å². The molecule has 0 N–H and O–H groups in total. The zero-order chi connectivity index (χ0) is 9.97. The number of nitro groups is 1. The van der Waals surface area contributed by atoms with E-state index in [9.17, 15) is 10.1 Å². The second kappa shape index (κ2) is 3.59. The molecule has 0 saturated carbocycles. The van der Waals surface area contributed by atoms with Gasteiger partial charge in [-0.05, 0) is 28.5 Å². The third-order valence-electron chi connectivity index (χ3n) is 1.93. The van der Waals surface area contributed by atoms with Crippen molar-refractivity contribution in [3.05, 3.63) is 51.2 Å². The fraction of sp³-hybridized carbons (Fsp3) is 0. The molecule has 0 unspecified atom stereocenters. The summed E-state index contributed by atoms with van der Waals surface area (Å²) in [6.07, 6.45) is 0. The minimum atomic E-state index is -0.354. The Balaban J connectivity index is 2.58. The molecule has 0 aliphatic heterocycles. The summed E-state index contributed by atoms with van der Waals surface area (Å²) in [5, 5.41) is 14.5. The molecule has 2 aromatic rings. The maximum atomic E-state index is 10.7. The van der Waals surface area contributed by atoms with Crippen LogP contribution in [0.5, 0.6) is 0 Å². The first-order valence-corrected chi connectivity index (χ1v) is 4.99. The molecule has 0 aliphatic rings. The van der Waals surface area contributed by atoms with E-state index in [1.54, 1.807) is 18.2 Å². The van der Waals surface area contributed by atoms with Gasteiger partial charge in [0.15, 0.2) is 0 Å². The maximum absolute atomic E-state index is 10.7. The quantitative estimate of drug-likeness (QED) is 0.557. The van der Waals surface area contributed by atoms with Crippen molar-refractivity contribution in [3.8, 4) is 11.1 Å². The van der Waals surface area contributed by atoms with Crippen LogP contribution in [0.4, 0.5) is 5.69 Å². The average molecular weight is 205 g/mol. The highest BCUT2D eigenvalue weighted by Gasteiger charge is 2.13. The zero-order valence-electron chi connectivity index (χ0n) is 7.21. The molecule has 1 aromatic heterocycles. The van der Waals surface area contributed by atoms with Crippen LogP contribution < -0.4 is 0 Å². The van der Waals surface area contributed by atoms with E-state index in [-0.39, 0.29) is 10.6 Å². The van der Waals surface area contributed by atoms with Crippen LogP contribution in [0.2, 0.25) is 0 Å². The topological polar surface area (TPSA) is 43.1 Å². The predicted octanol–water partition coefficient (Wildman–Crippen LogP) is 3.32. The average Bonchev–Trinajstić information content (AvgIpc) is 2.70. The lowest BCUT2D eigenvalue weighted by Gasteiger charge is -1.98. The molecule has 0 bridgehead atoms. The Morgan fingerprint density at radius 3 is 2.64 bits per heavy atom. The van der Waals surface area contributed by atoms with Crippen molar-refractivity contribution in [3.63, 3.8) is 0 Å². The summed E-state index contributed by atoms with van der Waals surface area (Å²) in [5.74, 6) is 0. The number of benzene rings is 1. The predicted molar refractivity (Wildman–Crippen MR) is 56.4 cm³/mol. The molecule has 0 fully saturated rings. The summed E-state index contributed by atoms with van der Waals surface area (Å²) < 4.78 is 0. The third-order valence-corrected chi connectivity index (χ3v) is 2.62. The molecule has 0 amide bonds. The Labute approximate surface area is 84.8 Å². The molecular formula is C10H7NO2S. The molecule has 4 heteroatoms. The largest absolute Gasteiger partial charge is 0.277 e. The van der Waals surface area contributed by atoms with E-state index < -0.39 is 0 Å². The van der Waals surface area contributed by atoms with Gasteiger partial charge in [0.05, 0.1) is 10.5 Å². The summed E-state index contributed by atoms with van der Waals surface area (Å²) in [4.78, 5) is 10.4. The second-order valence-corrected chi connectivity index (χ2v) is 3.57. The van der Waals surface area contributed by atoms with Gasteiger partial charge in [-0.25, -0.2) is 0 Å². The van der Waals surface area contributed by atoms with Crippen LogP contribution in [0.15, 0.2) is 41.1 Å². The smallest absolute Gasteiger partial charge is 0.258 e. The van der Waals surface area contributed by atoms with Gasteiger partial charge in [-0.15, -0.1) is 0 Å². The number of nitrogens with zero attached hydrogens (tertiary/aromatic N) is 1. The minimum Gasteiger partial charge on any atom is -0.258 e. The first-order valence-electron chi connectivity index (χ1n) is 4.05. The second-order valence-electron chi connectivity index (χ2n) is 2.79. The lowest BCUT2D eigenvalue weighted by atomic mass is 10.1. The van der Waals surface area contributed by atoms with Crippen molar-refractivity contribution >= 4 is 17.0 Å². The molecule has 0 aliphatic carbocycles. The molecule has 3 nitrogen and oxygen atoms in total. The van der Waals surface area contributed by atoms with Crippen LogP contribution >= 0.6 is 11.3 Å². The van der Waals surface area contributed by atoms with E-state index in [0.29, 0.717) is 5.56 Å². The van der Waals surface area contributed by atoms with Gasteiger partial charge in [-0.2, -0.15) is 11.3 Å². The number of hydrogen-bond acceptors (Lipinski definition) is 3. The number of rotatable bonds is 2. The molecule has 0 radical (unpaired) electrons. The Bertz CT molecular complexity index is 451. The van der Waals surface area contributed by atoms with Gasteiger partial charge in [0.1, 0.15) is 0 Å². The van der Waals surface area contributed by atoms with Gasteiger partial charge in [0, 0.05) is 6.07 Å². The van der Waals surface area contributed by atoms with Crippen molar-refractivity contribution < 1.29 is 4.92 Å². The molecule has 0 atom stereocenters. The lowest BCUT2D eigenvalue weighted by molar-refractivity contribution is -0.384. The highest BCUT2D eigenvalue weighted by atomic mass is 32.1. The van der Waals surface area contributed by atoms with Crippen LogP contribution in [-0.2, 0) is 0 Å². The van der Waals surface area contributed by atoms with Crippen molar-refractivity contribution in [2.75, 3.05) is 0 Å². The van der Waals surface area contributed by atoms with Gasteiger partial charge in [-0.1, -0.05) is 12.1 Å². The van der Waals surface area contributed by atoms with Crippen LogP contribution in [-0.4, -0.2) is 4.92 Å². The Hall–Kier alpha value is -1.68. The van der Waals surface area contributed by atoms with E-state index >= 15 is 0 Å². The molecule has 14 heavy (non-hydrogen) atoms. The Morgan fingerprint density at radius 1 is 1.21 bits per heavy atom. The molecule has 70 valence electrons. The summed E-state index contributed by atoms with van der Waals surface area (Å²) in [6.45, 7) is 0. The highest BCUT2D eigenvalue weighted by Crippen LogP contribution is 2.30. The van der Waals surface area contributed by atoms with Gasteiger partial charge < -0.3 is 0 Å². The number of hydrogen-bond donors (Lipinski definition) is 0. The van der Waals surface area contributed by atoms with Gasteiger partial charge in [-0.3, -0.25) is 10.1 Å². The van der Waals surface area contributed by atoms with Crippen molar-refractivity contribution in [2.45, 2.75) is 0 Å². The van der Waals surface area contributed by atoms with Crippen LogP contribution in [0.1, 0.15) is 0 Å². The fourth-order valence-corrected chi connectivity index (χ4v) is 1.95. The zero-order valence-corrected chi connectivity index (χ0v) is 8.03. The molecule has 0 saturated heterocycles. The maximum Gasteiger partial charge on any atom is 0.277 e. The standard InChI is InChI=1S/C10H7NO2S/c12-11(13)10-4-2-1-3-9(10)8-5-6-14-7-8/h1-7H. The summed E-state index contributed by atoms with van der Waals surface area (Å²) in [5.41, 5.74) is 1.74. The number of thiophene rings is 1. The first kappa shape index (κ1) is 8.90. The normalized spacial score (nSPS) is 10.0. The van der Waals surface area contributed by atoms with E-state index in [0.717, 1.165) is 5.56 Å². The summed E-state index contributed by atoms with van der Waals surface area (Å²) >= 11 is 1.53. The van der Waals surface area contributed by atoms with E-state index in [1.807, 2.05) is 16.8 Å². The third kappa shape index (κ3) is 1.52. The van der Waals surface area contributed by atoms with Gasteiger partial charge in [0.2, 0.25) is 0 Å². The van der Waals surface area contributed by atoms with E-state index in [1.165, 1.54) is 17.4 Å². The molecule has 1 heterocycles. The van der Waals surface area contributed by atoms with Crippen molar-refractivity contribution in [1.82, 2.24) is 0 Å². The molecule has 1 aromatic carbocycles. The first-order chi connectivity index (χ1) is 6.79. The number of para-hydroxylation sites is 1. The van der Waals surface area contributed by atoms with Gasteiger partial charge in [0.25, 0.3) is 5.69 Å². The van der Waals surface area contributed by atoms with Crippen molar-refractivity contribution in [1.29, 1.82) is 0 Å². The molecular weight excluding hydrogens is 198 g/mol. The monoisotopic (exact) mass is 205 g/mol. The molecule has 2 rings (SSSR count). The Morgan fingerprint density at radius 2 is 2.00 bits per heavy atom. The van der Waals surface area contributed by atoms with E-state index in [4.69, 9.17) is 0 Å². The molecule has 0 spiro atoms.